The maximum Gasteiger partial charge on any atom is 0.224 e. The Morgan fingerprint density at radius 3 is 2.95 bits per heavy atom. The average molecular weight is 262 g/mol. The Labute approximate surface area is 114 Å². The van der Waals surface area contributed by atoms with Gasteiger partial charge in [-0.25, -0.2) is 0 Å². The molecule has 4 heteroatoms. The molecule has 1 aromatic carbocycles. The molecule has 0 aromatic heterocycles. The zero-order chi connectivity index (χ0) is 13.7. The number of hydrogen-bond acceptors (Lipinski definition) is 3. The van der Waals surface area contributed by atoms with Gasteiger partial charge in [-0.1, -0.05) is 25.1 Å². The van der Waals surface area contributed by atoms with Crippen molar-refractivity contribution in [1.29, 1.82) is 0 Å². The number of rotatable bonds is 5. The number of phenolic OH excluding ortho intramolecular Hbond substituents is 1. The smallest absolute Gasteiger partial charge is 0.224 e. The minimum Gasteiger partial charge on any atom is -0.508 e. The summed E-state index contributed by atoms with van der Waals surface area (Å²) >= 11 is 0. The number of likely N-dealkylation sites (tertiary alicyclic amines) is 1. The third kappa shape index (κ3) is 3.96. The molecule has 0 bridgehead atoms. The highest BCUT2D eigenvalue weighted by molar-refractivity contribution is 5.79. The predicted molar refractivity (Wildman–Crippen MR) is 75.0 cm³/mol. The van der Waals surface area contributed by atoms with Gasteiger partial charge >= 0.3 is 0 Å². The van der Waals surface area contributed by atoms with E-state index in [0.29, 0.717) is 11.5 Å². The lowest BCUT2D eigenvalue weighted by Crippen LogP contribution is -2.32. The van der Waals surface area contributed by atoms with Crippen LogP contribution >= 0.6 is 0 Å². The van der Waals surface area contributed by atoms with Crippen LogP contribution in [0.3, 0.4) is 0 Å². The molecule has 1 aliphatic heterocycles. The largest absolute Gasteiger partial charge is 0.508 e. The zero-order valence-electron chi connectivity index (χ0n) is 11.4. The van der Waals surface area contributed by atoms with Crippen LogP contribution in [0.2, 0.25) is 0 Å². The van der Waals surface area contributed by atoms with Crippen LogP contribution < -0.4 is 5.32 Å². The Morgan fingerprint density at radius 1 is 1.47 bits per heavy atom. The minimum atomic E-state index is -0.0172. The topological polar surface area (TPSA) is 52.6 Å². The summed E-state index contributed by atoms with van der Waals surface area (Å²) < 4.78 is 0. The standard InChI is InChI=1S/C15H22N2O2/c1-2-17-8-7-12(11-17)10-16-15(19)9-13-5-3-4-6-14(13)18/h3-6,12,18H,2,7-11H2,1H3,(H,16,19). The van der Waals surface area contributed by atoms with Gasteiger partial charge in [0, 0.05) is 18.7 Å². The van der Waals surface area contributed by atoms with Crippen molar-refractivity contribution in [1.82, 2.24) is 10.2 Å². The van der Waals surface area contributed by atoms with E-state index in [9.17, 15) is 9.90 Å². The van der Waals surface area contributed by atoms with Crippen LogP contribution in [0.1, 0.15) is 18.9 Å². The maximum absolute atomic E-state index is 11.8. The maximum atomic E-state index is 11.8. The normalized spacial score (nSPS) is 19.5. The third-order valence-corrected chi connectivity index (χ3v) is 3.75. The Morgan fingerprint density at radius 2 is 2.26 bits per heavy atom. The van der Waals surface area contributed by atoms with Crippen LogP contribution in [-0.4, -0.2) is 42.1 Å². The predicted octanol–water partition coefficient (Wildman–Crippen LogP) is 1.39. The Kier molecular flexibility index (Phi) is 4.80. The molecule has 0 aliphatic carbocycles. The first-order valence-electron chi connectivity index (χ1n) is 6.95. The number of amides is 1. The molecule has 4 nitrogen and oxygen atoms in total. The van der Waals surface area contributed by atoms with Crippen molar-refractivity contribution in [2.75, 3.05) is 26.2 Å². The van der Waals surface area contributed by atoms with Crippen LogP contribution in [0.5, 0.6) is 5.75 Å². The zero-order valence-corrected chi connectivity index (χ0v) is 11.4. The van der Waals surface area contributed by atoms with Gasteiger partial charge in [-0.3, -0.25) is 4.79 Å². The van der Waals surface area contributed by atoms with Crippen molar-refractivity contribution in [2.24, 2.45) is 5.92 Å². The number of aromatic hydroxyl groups is 1. The van der Waals surface area contributed by atoms with Gasteiger partial charge in [0.25, 0.3) is 0 Å². The number of benzene rings is 1. The van der Waals surface area contributed by atoms with Crippen molar-refractivity contribution in [3.05, 3.63) is 29.8 Å². The highest BCUT2D eigenvalue weighted by Gasteiger charge is 2.21. The molecule has 2 N–H and O–H groups in total. The summed E-state index contributed by atoms with van der Waals surface area (Å²) in [6, 6.07) is 6.98. The van der Waals surface area contributed by atoms with Gasteiger partial charge < -0.3 is 15.3 Å². The van der Waals surface area contributed by atoms with E-state index >= 15 is 0 Å². The lowest BCUT2D eigenvalue weighted by molar-refractivity contribution is -0.120. The van der Waals surface area contributed by atoms with Crippen molar-refractivity contribution in [2.45, 2.75) is 19.8 Å². The molecule has 1 heterocycles. The number of para-hydroxylation sites is 1. The first-order chi connectivity index (χ1) is 9.19. The molecule has 1 amide bonds. The molecule has 1 fully saturated rings. The first-order valence-corrected chi connectivity index (χ1v) is 6.95. The molecule has 1 aliphatic rings. The number of nitrogens with zero attached hydrogens (tertiary/aromatic N) is 1. The highest BCUT2D eigenvalue weighted by Crippen LogP contribution is 2.17. The molecule has 0 saturated carbocycles. The molecule has 1 saturated heterocycles. The van der Waals surface area contributed by atoms with E-state index in [2.05, 4.69) is 17.1 Å². The van der Waals surface area contributed by atoms with Gasteiger partial charge in [-0.2, -0.15) is 0 Å². The molecule has 1 unspecified atom stereocenters. The lowest BCUT2D eigenvalue weighted by Gasteiger charge is -2.14. The summed E-state index contributed by atoms with van der Waals surface area (Å²) in [6.07, 6.45) is 1.40. The van der Waals surface area contributed by atoms with Crippen LogP contribution in [0, 0.1) is 5.92 Å². The molecule has 0 spiro atoms. The SMILES string of the molecule is CCN1CCC(CNC(=O)Cc2ccccc2O)C1. The number of nitrogens with one attached hydrogen (secondary N) is 1. The lowest BCUT2D eigenvalue weighted by atomic mass is 10.1. The number of phenols is 1. The summed E-state index contributed by atoms with van der Waals surface area (Å²) in [5.74, 6) is 0.736. The molecule has 19 heavy (non-hydrogen) atoms. The van der Waals surface area contributed by atoms with Crippen molar-refractivity contribution >= 4 is 5.91 Å². The van der Waals surface area contributed by atoms with Gasteiger partial charge in [-0.15, -0.1) is 0 Å². The van der Waals surface area contributed by atoms with Crippen LogP contribution in [-0.2, 0) is 11.2 Å². The first kappa shape index (κ1) is 13.9. The molecule has 0 radical (unpaired) electrons. The summed E-state index contributed by atoms with van der Waals surface area (Å²) in [5.41, 5.74) is 0.682. The average Bonchev–Trinajstić information content (AvgIpc) is 2.87. The fraction of sp³-hybridized carbons (Fsp3) is 0.533. The fourth-order valence-corrected chi connectivity index (χ4v) is 2.52. The van der Waals surface area contributed by atoms with E-state index < -0.39 is 0 Å². The van der Waals surface area contributed by atoms with Gasteiger partial charge in [0.15, 0.2) is 0 Å². The number of hydrogen-bond donors (Lipinski definition) is 2. The van der Waals surface area contributed by atoms with Gasteiger partial charge in [-0.05, 0) is 31.5 Å². The van der Waals surface area contributed by atoms with Crippen molar-refractivity contribution < 1.29 is 9.90 Å². The molecule has 1 aromatic rings. The quantitative estimate of drug-likeness (QED) is 0.843. The highest BCUT2D eigenvalue weighted by atomic mass is 16.3. The third-order valence-electron chi connectivity index (χ3n) is 3.75. The number of carbonyl (C=O) groups excluding carboxylic acids is 1. The fourth-order valence-electron chi connectivity index (χ4n) is 2.52. The molecular weight excluding hydrogens is 240 g/mol. The van der Waals surface area contributed by atoms with Crippen LogP contribution in [0.4, 0.5) is 0 Å². The summed E-state index contributed by atoms with van der Waals surface area (Å²) in [5, 5.41) is 12.6. The van der Waals surface area contributed by atoms with Gasteiger partial charge in [0.2, 0.25) is 5.91 Å². The van der Waals surface area contributed by atoms with Gasteiger partial charge in [0.05, 0.1) is 6.42 Å². The van der Waals surface area contributed by atoms with E-state index in [1.807, 2.05) is 6.07 Å². The molecular formula is C15H22N2O2. The minimum absolute atomic E-state index is 0.0172. The van der Waals surface area contributed by atoms with Crippen molar-refractivity contribution in [3.8, 4) is 5.75 Å². The molecule has 1 atom stereocenters. The van der Waals surface area contributed by atoms with Crippen LogP contribution in [0.15, 0.2) is 24.3 Å². The molecule has 2 rings (SSSR count). The van der Waals surface area contributed by atoms with E-state index in [-0.39, 0.29) is 18.1 Å². The van der Waals surface area contributed by atoms with E-state index in [4.69, 9.17) is 0 Å². The summed E-state index contributed by atoms with van der Waals surface area (Å²) in [7, 11) is 0. The molecule has 104 valence electrons. The monoisotopic (exact) mass is 262 g/mol. The van der Waals surface area contributed by atoms with E-state index in [1.165, 1.54) is 0 Å². The second-order valence-electron chi connectivity index (χ2n) is 5.16. The summed E-state index contributed by atoms with van der Waals surface area (Å²) in [4.78, 5) is 14.2. The second kappa shape index (κ2) is 6.57. The van der Waals surface area contributed by atoms with Crippen molar-refractivity contribution in [3.63, 3.8) is 0 Å². The second-order valence-corrected chi connectivity index (χ2v) is 5.16. The van der Waals surface area contributed by atoms with Crippen LogP contribution in [0.25, 0.3) is 0 Å². The van der Waals surface area contributed by atoms with E-state index in [0.717, 1.165) is 32.6 Å². The Hall–Kier alpha value is -1.55. The summed E-state index contributed by atoms with van der Waals surface area (Å²) in [6.45, 7) is 6.20. The Bertz CT molecular complexity index is 434. The number of carbonyl (C=O) groups is 1. The van der Waals surface area contributed by atoms with Gasteiger partial charge in [0.1, 0.15) is 5.75 Å². The Balaban J connectivity index is 1.75. The van der Waals surface area contributed by atoms with E-state index in [1.54, 1.807) is 18.2 Å².